The van der Waals surface area contributed by atoms with Crippen LogP contribution in [0, 0.1) is 6.92 Å². The predicted molar refractivity (Wildman–Crippen MR) is 102 cm³/mol. The lowest BCUT2D eigenvalue weighted by Crippen LogP contribution is -2.46. The van der Waals surface area contributed by atoms with Crippen LogP contribution in [0.1, 0.15) is 12.5 Å². The number of rotatable bonds is 4. The molecule has 0 aliphatic carbocycles. The summed E-state index contributed by atoms with van der Waals surface area (Å²) in [5.41, 5.74) is 2.60. The van der Waals surface area contributed by atoms with Crippen LogP contribution in [0.15, 0.2) is 42.6 Å². The van der Waals surface area contributed by atoms with Gasteiger partial charge in [-0.15, -0.1) is 0 Å². The highest BCUT2D eigenvalue weighted by Gasteiger charge is 2.16. The molecule has 0 atom stereocenters. The molecule has 25 heavy (non-hydrogen) atoms. The first-order valence-corrected chi connectivity index (χ1v) is 8.72. The number of nitrogens with zero attached hydrogens (tertiary/aromatic N) is 3. The van der Waals surface area contributed by atoms with Gasteiger partial charge in [0.25, 0.3) is 0 Å². The fourth-order valence-electron chi connectivity index (χ4n) is 2.87. The number of hydrogen-bond donors (Lipinski definition) is 2. The zero-order valence-electron chi connectivity index (χ0n) is 14.8. The molecule has 2 amide bonds. The molecular weight excluding hydrogens is 314 g/mol. The first-order chi connectivity index (χ1) is 12.1. The Hall–Kier alpha value is -2.60. The summed E-state index contributed by atoms with van der Waals surface area (Å²) in [7, 11) is 0. The van der Waals surface area contributed by atoms with Crippen LogP contribution in [0.4, 0.5) is 22.0 Å². The maximum Gasteiger partial charge on any atom is 0.323 e. The number of pyridine rings is 1. The lowest BCUT2D eigenvalue weighted by Gasteiger charge is -2.34. The van der Waals surface area contributed by atoms with Crippen molar-refractivity contribution in [1.29, 1.82) is 0 Å². The second-order valence-electron chi connectivity index (χ2n) is 6.27. The molecule has 1 aliphatic rings. The number of aryl methyl sites for hydroxylation is 1. The van der Waals surface area contributed by atoms with E-state index in [1.165, 1.54) is 0 Å². The average Bonchev–Trinajstić information content (AvgIpc) is 2.64. The normalized spacial score (nSPS) is 15.0. The standard InChI is InChI=1S/C19H25N5O/c1-3-23-10-12-24(13-11-23)18-9-8-17(14-20-18)22-19(25)21-16-6-4-15(2)5-7-16/h4-9,14H,3,10-13H2,1-2H3,(H2,21,22,25). The number of likely N-dealkylation sites (N-methyl/N-ethyl adjacent to an activating group) is 1. The predicted octanol–water partition coefficient (Wildman–Crippen LogP) is 3.18. The number of benzene rings is 1. The maximum atomic E-state index is 12.1. The van der Waals surface area contributed by atoms with E-state index in [-0.39, 0.29) is 6.03 Å². The Morgan fingerprint density at radius 2 is 1.64 bits per heavy atom. The minimum atomic E-state index is -0.269. The number of piperazine rings is 1. The first-order valence-electron chi connectivity index (χ1n) is 8.72. The van der Waals surface area contributed by atoms with E-state index in [1.54, 1.807) is 6.20 Å². The SMILES string of the molecule is CCN1CCN(c2ccc(NC(=O)Nc3ccc(C)cc3)cn2)CC1. The van der Waals surface area contributed by atoms with E-state index in [9.17, 15) is 4.79 Å². The highest BCUT2D eigenvalue weighted by atomic mass is 16.2. The topological polar surface area (TPSA) is 60.5 Å². The van der Waals surface area contributed by atoms with Crippen LogP contribution < -0.4 is 15.5 Å². The molecule has 0 spiro atoms. The van der Waals surface area contributed by atoms with Gasteiger partial charge in [0.05, 0.1) is 11.9 Å². The van der Waals surface area contributed by atoms with Gasteiger partial charge in [0.2, 0.25) is 0 Å². The third-order valence-corrected chi connectivity index (χ3v) is 4.46. The number of hydrogen-bond acceptors (Lipinski definition) is 4. The summed E-state index contributed by atoms with van der Waals surface area (Å²) < 4.78 is 0. The molecule has 1 aromatic heterocycles. The summed E-state index contributed by atoms with van der Waals surface area (Å²) in [5, 5.41) is 5.63. The van der Waals surface area contributed by atoms with Crippen molar-refractivity contribution in [2.45, 2.75) is 13.8 Å². The minimum Gasteiger partial charge on any atom is -0.354 e. The summed E-state index contributed by atoms with van der Waals surface area (Å²) in [6, 6.07) is 11.3. The average molecular weight is 339 g/mol. The first kappa shape index (κ1) is 17.2. The van der Waals surface area contributed by atoms with Crippen LogP contribution in [0.5, 0.6) is 0 Å². The summed E-state index contributed by atoms with van der Waals surface area (Å²) in [6.07, 6.45) is 1.70. The summed E-state index contributed by atoms with van der Waals surface area (Å²) >= 11 is 0. The van der Waals surface area contributed by atoms with Crippen molar-refractivity contribution in [1.82, 2.24) is 9.88 Å². The molecule has 6 nitrogen and oxygen atoms in total. The van der Waals surface area contributed by atoms with Gasteiger partial charge in [0.15, 0.2) is 0 Å². The van der Waals surface area contributed by atoms with Crippen LogP contribution in [0.2, 0.25) is 0 Å². The molecule has 1 aliphatic heterocycles. The van der Waals surface area contributed by atoms with Crippen molar-refractivity contribution in [2.75, 3.05) is 48.3 Å². The zero-order chi connectivity index (χ0) is 17.6. The summed E-state index contributed by atoms with van der Waals surface area (Å²) in [4.78, 5) is 21.3. The van der Waals surface area contributed by atoms with Crippen LogP contribution in [0.3, 0.4) is 0 Å². The third kappa shape index (κ3) is 4.70. The Morgan fingerprint density at radius 3 is 2.24 bits per heavy atom. The smallest absolute Gasteiger partial charge is 0.323 e. The van der Waals surface area contributed by atoms with E-state index in [1.807, 2.05) is 43.3 Å². The Labute approximate surface area is 148 Å². The highest BCUT2D eigenvalue weighted by molar-refractivity contribution is 5.99. The van der Waals surface area contributed by atoms with E-state index in [4.69, 9.17) is 0 Å². The molecule has 3 rings (SSSR count). The van der Waals surface area contributed by atoms with E-state index in [2.05, 4.69) is 32.3 Å². The Balaban J connectivity index is 1.53. The number of carbonyl (C=O) groups excluding carboxylic acids is 1. The molecule has 6 heteroatoms. The molecule has 1 saturated heterocycles. The van der Waals surface area contributed by atoms with Crippen molar-refractivity contribution in [3.63, 3.8) is 0 Å². The second kappa shape index (κ2) is 7.98. The number of anilines is 3. The van der Waals surface area contributed by atoms with Crippen LogP contribution in [0.25, 0.3) is 0 Å². The largest absolute Gasteiger partial charge is 0.354 e. The molecule has 0 radical (unpaired) electrons. The fraction of sp³-hybridized carbons (Fsp3) is 0.368. The second-order valence-corrected chi connectivity index (χ2v) is 6.27. The van der Waals surface area contributed by atoms with E-state index < -0.39 is 0 Å². The van der Waals surface area contributed by atoms with Gasteiger partial charge in [-0.1, -0.05) is 24.6 Å². The Morgan fingerprint density at radius 1 is 1.00 bits per heavy atom. The van der Waals surface area contributed by atoms with Crippen molar-refractivity contribution in [3.8, 4) is 0 Å². The monoisotopic (exact) mass is 339 g/mol. The quantitative estimate of drug-likeness (QED) is 0.898. The van der Waals surface area contributed by atoms with Crippen LogP contribution in [-0.2, 0) is 0 Å². The molecule has 0 saturated carbocycles. The Kier molecular flexibility index (Phi) is 5.50. The number of aromatic nitrogens is 1. The lowest BCUT2D eigenvalue weighted by atomic mass is 10.2. The van der Waals surface area contributed by atoms with Gasteiger partial charge in [-0.3, -0.25) is 0 Å². The molecule has 0 unspecified atom stereocenters. The van der Waals surface area contributed by atoms with Gasteiger partial charge in [-0.2, -0.15) is 0 Å². The number of urea groups is 1. The highest BCUT2D eigenvalue weighted by Crippen LogP contribution is 2.16. The van der Waals surface area contributed by atoms with Gasteiger partial charge >= 0.3 is 6.03 Å². The number of nitrogens with one attached hydrogen (secondary N) is 2. The van der Waals surface area contributed by atoms with Gasteiger partial charge in [0.1, 0.15) is 5.82 Å². The van der Waals surface area contributed by atoms with Crippen molar-refractivity contribution in [3.05, 3.63) is 48.2 Å². The van der Waals surface area contributed by atoms with Crippen LogP contribution in [-0.4, -0.2) is 48.6 Å². The van der Waals surface area contributed by atoms with Crippen LogP contribution >= 0.6 is 0 Å². The van der Waals surface area contributed by atoms with Crippen molar-refractivity contribution in [2.24, 2.45) is 0 Å². The molecule has 1 aromatic carbocycles. The van der Waals surface area contributed by atoms with Crippen molar-refractivity contribution >= 4 is 23.2 Å². The molecule has 2 heterocycles. The molecule has 2 aromatic rings. The van der Waals surface area contributed by atoms with E-state index in [0.29, 0.717) is 5.69 Å². The minimum absolute atomic E-state index is 0.269. The molecular formula is C19H25N5O. The number of carbonyl (C=O) groups is 1. The maximum absolute atomic E-state index is 12.1. The molecule has 132 valence electrons. The van der Waals surface area contributed by atoms with Gasteiger partial charge in [0, 0.05) is 31.9 Å². The lowest BCUT2D eigenvalue weighted by molar-refractivity contribution is 0.262. The van der Waals surface area contributed by atoms with E-state index in [0.717, 1.165) is 49.8 Å². The Bertz CT molecular complexity index is 691. The molecule has 2 N–H and O–H groups in total. The molecule has 0 bridgehead atoms. The summed E-state index contributed by atoms with van der Waals surface area (Å²) in [6.45, 7) is 9.41. The fourth-order valence-corrected chi connectivity index (χ4v) is 2.87. The van der Waals surface area contributed by atoms with E-state index >= 15 is 0 Å². The van der Waals surface area contributed by atoms with Crippen molar-refractivity contribution < 1.29 is 4.79 Å². The van der Waals surface area contributed by atoms with Gasteiger partial charge in [-0.05, 0) is 37.7 Å². The van der Waals surface area contributed by atoms with Gasteiger partial charge < -0.3 is 20.4 Å². The van der Waals surface area contributed by atoms with Gasteiger partial charge in [-0.25, -0.2) is 9.78 Å². The number of amides is 2. The zero-order valence-corrected chi connectivity index (χ0v) is 14.8. The molecule has 1 fully saturated rings. The third-order valence-electron chi connectivity index (χ3n) is 4.46. The summed E-state index contributed by atoms with van der Waals surface area (Å²) in [5.74, 6) is 0.959.